The van der Waals surface area contributed by atoms with Crippen LogP contribution in [0.4, 0.5) is 8.78 Å². The molecule has 1 amide bonds. The van der Waals surface area contributed by atoms with Gasteiger partial charge >= 0.3 is 5.97 Å². The van der Waals surface area contributed by atoms with Crippen LogP contribution in [0, 0.1) is 11.8 Å². The van der Waals surface area contributed by atoms with Crippen LogP contribution in [0.5, 0.6) is 0 Å². The van der Waals surface area contributed by atoms with E-state index in [4.69, 9.17) is 0 Å². The fourth-order valence-electron chi connectivity index (χ4n) is 2.27. The zero-order valence-electron chi connectivity index (χ0n) is 11.9. The maximum Gasteiger partial charge on any atom is 0.318 e. The van der Waals surface area contributed by atoms with Crippen molar-refractivity contribution >= 4 is 18.2 Å². The molecular formula is C13H20F2N2O3. The van der Waals surface area contributed by atoms with Gasteiger partial charge in [0.25, 0.3) is 5.91 Å². The molecule has 0 aliphatic heterocycles. The van der Waals surface area contributed by atoms with E-state index in [1.165, 1.54) is 13.4 Å². The average Bonchev–Trinajstić information content (AvgIpc) is 2.38. The molecule has 1 aliphatic rings. The number of esters is 1. The Morgan fingerprint density at radius 1 is 1.35 bits per heavy atom. The monoisotopic (exact) mass is 290 g/mol. The number of halogens is 2. The van der Waals surface area contributed by atoms with E-state index in [1.54, 1.807) is 19.0 Å². The Kier molecular flexibility index (Phi) is 5.59. The number of alkyl halides is 2. The number of hydrogen-bond acceptors (Lipinski definition) is 3. The van der Waals surface area contributed by atoms with Crippen LogP contribution in [-0.2, 0) is 14.3 Å². The van der Waals surface area contributed by atoms with Crippen molar-refractivity contribution in [2.45, 2.75) is 31.6 Å². The number of ether oxygens (including phenoxy) is 1. The second-order valence-electron chi connectivity index (χ2n) is 5.24. The fraction of sp³-hybridized carbons (Fsp3) is 0.769. The topological polar surface area (TPSA) is 59.0 Å². The van der Waals surface area contributed by atoms with E-state index in [9.17, 15) is 18.4 Å². The molecule has 20 heavy (non-hydrogen) atoms. The fourth-order valence-corrected chi connectivity index (χ4v) is 2.27. The van der Waals surface area contributed by atoms with Crippen LogP contribution in [0.3, 0.4) is 0 Å². The quantitative estimate of drug-likeness (QED) is 0.342. The third-order valence-electron chi connectivity index (χ3n) is 3.37. The van der Waals surface area contributed by atoms with Crippen LogP contribution in [0.15, 0.2) is 4.99 Å². The Bertz CT molecular complexity index is 387. The van der Waals surface area contributed by atoms with Crippen molar-refractivity contribution in [2.75, 3.05) is 21.2 Å². The number of rotatable bonds is 4. The maximum atomic E-state index is 13.1. The molecule has 0 aromatic rings. The van der Waals surface area contributed by atoms with Crippen LogP contribution in [0.2, 0.25) is 0 Å². The first kappa shape index (κ1) is 16.5. The summed E-state index contributed by atoms with van der Waals surface area (Å²) in [5, 5.41) is 0. The number of aliphatic imine (C=N–C) groups is 1. The van der Waals surface area contributed by atoms with Gasteiger partial charge in [-0.1, -0.05) is 0 Å². The number of nitrogens with zero attached hydrogens (tertiary/aromatic N) is 2. The molecule has 114 valence electrons. The van der Waals surface area contributed by atoms with E-state index >= 15 is 0 Å². The average molecular weight is 290 g/mol. The van der Waals surface area contributed by atoms with Gasteiger partial charge in [0.2, 0.25) is 5.92 Å². The van der Waals surface area contributed by atoms with Crippen LogP contribution < -0.4 is 0 Å². The predicted octanol–water partition coefficient (Wildman–Crippen LogP) is 1.72. The van der Waals surface area contributed by atoms with Crippen LogP contribution in [0.25, 0.3) is 0 Å². The normalized spacial score (nSPS) is 20.6. The molecule has 7 heteroatoms. The highest BCUT2D eigenvalue weighted by Gasteiger charge is 2.42. The summed E-state index contributed by atoms with van der Waals surface area (Å²) in [5.74, 6) is -5.57. The molecule has 1 atom stereocenters. The second kappa shape index (κ2) is 6.76. The van der Waals surface area contributed by atoms with E-state index in [0.717, 1.165) is 0 Å². The molecule has 0 aromatic carbocycles. The molecule has 0 N–H and O–H groups in total. The molecule has 0 saturated heterocycles. The minimum atomic E-state index is -2.70. The Labute approximate surface area is 117 Å². The summed E-state index contributed by atoms with van der Waals surface area (Å²) in [7, 11) is 4.55. The Balaban J connectivity index is 2.80. The van der Waals surface area contributed by atoms with Gasteiger partial charge in [-0.05, 0) is 18.8 Å². The summed E-state index contributed by atoms with van der Waals surface area (Å²) < 4.78 is 30.9. The van der Waals surface area contributed by atoms with Crippen molar-refractivity contribution in [3.8, 4) is 0 Å². The standard InChI is InChI=1S/C13H20F2N2O3/c1-17(2)8-16-11(18)10(12(19)20-3)9-4-6-13(14,15)7-5-9/h8-10H,4-7H2,1-3H3/b16-8+. The van der Waals surface area contributed by atoms with Crippen molar-refractivity contribution in [2.24, 2.45) is 16.8 Å². The molecule has 1 fully saturated rings. The third kappa shape index (κ3) is 4.54. The van der Waals surface area contributed by atoms with Gasteiger partial charge in [-0.2, -0.15) is 0 Å². The lowest BCUT2D eigenvalue weighted by Crippen LogP contribution is -2.36. The summed E-state index contributed by atoms with van der Waals surface area (Å²) in [6.45, 7) is 0. The SMILES string of the molecule is COC(=O)C(C(=O)/N=C/N(C)C)C1CCC(F)(F)CC1. The van der Waals surface area contributed by atoms with Crippen LogP contribution in [0.1, 0.15) is 25.7 Å². The first-order valence-corrected chi connectivity index (χ1v) is 6.47. The van der Waals surface area contributed by atoms with Gasteiger partial charge in [0, 0.05) is 26.9 Å². The van der Waals surface area contributed by atoms with Crippen molar-refractivity contribution in [1.82, 2.24) is 4.90 Å². The smallest absolute Gasteiger partial charge is 0.318 e. The minimum absolute atomic E-state index is 0.121. The molecule has 0 radical (unpaired) electrons. The summed E-state index contributed by atoms with van der Waals surface area (Å²) in [4.78, 5) is 29.0. The van der Waals surface area contributed by atoms with Gasteiger partial charge < -0.3 is 9.64 Å². The summed E-state index contributed by atoms with van der Waals surface area (Å²) in [6, 6.07) is 0. The third-order valence-corrected chi connectivity index (χ3v) is 3.37. The van der Waals surface area contributed by atoms with Gasteiger partial charge in [-0.3, -0.25) is 9.59 Å². The summed E-state index contributed by atoms with van der Waals surface area (Å²) in [5.41, 5.74) is 0. The zero-order chi connectivity index (χ0) is 15.3. The number of hydrogen-bond donors (Lipinski definition) is 0. The molecule has 0 spiro atoms. The zero-order valence-corrected chi connectivity index (χ0v) is 11.9. The van der Waals surface area contributed by atoms with Crippen molar-refractivity contribution in [3.05, 3.63) is 0 Å². The molecule has 0 heterocycles. The van der Waals surface area contributed by atoms with Gasteiger partial charge in [-0.25, -0.2) is 13.8 Å². The molecular weight excluding hydrogens is 270 g/mol. The Morgan fingerprint density at radius 2 is 1.90 bits per heavy atom. The molecule has 1 rings (SSSR count). The van der Waals surface area contributed by atoms with Crippen molar-refractivity contribution in [3.63, 3.8) is 0 Å². The summed E-state index contributed by atoms with van der Waals surface area (Å²) in [6.07, 6.45) is 0.910. The molecule has 1 saturated carbocycles. The van der Waals surface area contributed by atoms with E-state index in [2.05, 4.69) is 9.73 Å². The molecule has 0 bridgehead atoms. The highest BCUT2D eigenvalue weighted by molar-refractivity contribution is 6.00. The Hall–Kier alpha value is -1.53. The Morgan fingerprint density at radius 3 is 2.35 bits per heavy atom. The minimum Gasteiger partial charge on any atom is -0.468 e. The largest absolute Gasteiger partial charge is 0.468 e. The highest BCUT2D eigenvalue weighted by Crippen LogP contribution is 2.39. The van der Waals surface area contributed by atoms with Crippen LogP contribution >= 0.6 is 0 Å². The lowest BCUT2D eigenvalue weighted by molar-refractivity contribution is -0.153. The van der Waals surface area contributed by atoms with Gasteiger partial charge in [0.1, 0.15) is 5.92 Å². The lowest BCUT2D eigenvalue weighted by atomic mass is 9.78. The van der Waals surface area contributed by atoms with E-state index < -0.39 is 29.6 Å². The van der Waals surface area contributed by atoms with E-state index in [0.29, 0.717) is 0 Å². The first-order chi connectivity index (χ1) is 9.26. The van der Waals surface area contributed by atoms with Crippen molar-refractivity contribution in [1.29, 1.82) is 0 Å². The molecule has 0 aromatic heterocycles. The summed E-state index contributed by atoms with van der Waals surface area (Å²) >= 11 is 0. The molecule has 1 unspecified atom stereocenters. The van der Waals surface area contributed by atoms with Gasteiger partial charge in [0.15, 0.2) is 0 Å². The molecule has 5 nitrogen and oxygen atoms in total. The van der Waals surface area contributed by atoms with Gasteiger partial charge in [-0.15, -0.1) is 0 Å². The molecule has 1 aliphatic carbocycles. The van der Waals surface area contributed by atoms with Crippen LogP contribution in [-0.4, -0.2) is 50.2 Å². The highest BCUT2D eigenvalue weighted by atomic mass is 19.3. The van der Waals surface area contributed by atoms with E-state index in [-0.39, 0.29) is 25.7 Å². The number of carbonyl (C=O) groups is 2. The number of amides is 1. The number of methoxy groups -OCH3 is 1. The number of carbonyl (C=O) groups excluding carboxylic acids is 2. The maximum absolute atomic E-state index is 13.1. The predicted molar refractivity (Wildman–Crippen MR) is 69.6 cm³/mol. The first-order valence-electron chi connectivity index (χ1n) is 6.47. The van der Waals surface area contributed by atoms with E-state index in [1.807, 2.05) is 0 Å². The lowest BCUT2D eigenvalue weighted by Gasteiger charge is -2.30. The second-order valence-corrected chi connectivity index (χ2v) is 5.24. The van der Waals surface area contributed by atoms with Gasteiger partial charge in [0.05, 0.1) is 13.4 Å². The van der Waals surface area contributed by atoms with Crippen molar-refractivity contribution < 1.29 is 23.1 Å².